The van der Waals surface area contributed by atoms with Crippen molar-refractivity contribution in [1.82, 2.24) is 13.5 Å². The standard InChI is InChI=1S/C7H5N3O2P3/c11-5-6-1-3-7(4-2-6)12-15-9-13-8-14-10-15/h1-5H/q+1. The van der Waals surface area contributed by atoms with Crippen LogP contribution in [-0.2, 0) is 0 Å². The molecule has 2 rings (SSSR count). The molecule has 0 aliphatic heterocycles. The van der Waals surface area contributed by atoms with Gasteiger partial charge in [0.15, 0.2) is 5.75 Å². The molecule has 0 aliphatic rings. The number of hydrogen-bond donors (Lipinski definition) is 0. The zero-order valence-corrected chi connectivity index (χ0v) is 10.1. The second-order valence-electron chi connectivity index (χ2n) is 2.48. The minimum absolute atomic E-state index is 0.624. The summed E-state index contributed by atoms with van der Waals surface area (Å²) >= 11 is 0. The van der Waals surface area contributed by atoms with Crippen molar-refractivity contribution in [1.29, 1.82) is 0 Å². The maximum atomic E-state index is 10.4. The minimum Gasteiger partial charge on any atom is -0.358 e. The van der Waals surface area contributed by atoms with Crippen molar-refractivity contribution in [3.05, 3.63) is 29.8 Å². The lowest BCUT2D eigenvalue weighted by molar-refractivity contribution is 0.112. The van der Waals surface area contributed by atoms with E-state index < -0.39 is 8.08 Å². The monoisotopic (exact) mass is 256 g/mol. The minimum atomic E-state index is -1.12. The van der Waals surface area contributed by atoms with E-state index in [2.05, 4.69) is 13.5 Å². The van der Waals surface area contributed by atoms with Crippen LogP contribution in [0, 0.1) is 0 Å². The van der Waals surface area contributed by atoms with Crippen LogP contribution in [0.4, 0.5) is 0 Å². The molecule has 0 fully saturated rings. The number of aromatic nitrogens is 3. The lowest BCUT2D eigenvalue weighted by Crippen LogP contribution is -1.84. The van der Waals surface area contributed by atoms with Gasteiger partial charge in [-0.3, -0.25) is 4.79 Å². The molecule has 74 valence electrons. The summed E-state index contributed by atoms with van der Waals surface area (Å²) in [6, 6.07) is 6.86. The summed E-state index contributed by atoms with van der Waals surface area (Å²) in [5.41, 5.74) is 0.624. The van der Waals surface area contributed by atoms with Crippen LogP contribution in [0.5, 0.6) is 5.75 Å². The van der Waals surface area contributed by atoms with Crippen LogP contribution in [0.15, 0.2) is 24.3 Å². The van der Waals surface area contributed by atoms with E-state index in [-0.39, 0.29) is 0 Å². The molecule has 0 N–H and O–H groups in total. The van der Waals surface area contributed by atoms with Gasteiger partial charge in [0.2, 0.25) is 0 Å². The smallest absolute Gasteiger partial charge is 0.358 e. The number of aldehydes is 1. The van der Waals surface area contributed by atoms with Crippen molar-refractivity contribution < 1.29 is 9.32 Å². The Morgan fingerprint density at radius 1 is 1.20 bits per heavy atom. The van der Waals surface area contributed by atoms with Crippen molar-refractivity contribution in [3.63, 3.8) is 0 Å². The summed E-state index contributed by atoms with van der Waals surface area (Å²) in [7, 11) is 0.226. The van der Waals surface area contributed by atoms with Gasteiger partial charge < -0.3 is 4.52 Å². The van der Waals surface area contributed by atoms with E-state index in [9.17, 15) is 4.79 Å². The summed E-state index contributed by atoms with van der Waals surface area (Å²) in [5.74, 6) is 0.673. The Bertz CT molecular complexity index is 451. The van der Waals surface area contributed by atoms with Crippen LogP contribution in [0.25, 0.3) is 0 Å². The quantitative estimate of drug-likeness (QED) is 0.790. The zero-order chi connectivity index (χ0) is 10.5. The summed E-state index contributed by atoms with van der Waals surface area (Å²) < 4.78 is 17.5. The fourth-order valence-electron chi connectivity index (χ4n) is 0.878. The van der Waals surface area contributed by atoms with Crippen molar-refractivity contribution in [3.8, 4) is 5.75 Å². The van der Waals surface area contributed by atoms with E-state index >= 15 is 0 Å². The molecule has 0 atom stereocenters. The van der Waals surface area contributed by atoms with Crippen molar-refractivity contribution >= 4 is 31.4 Å². The molecule has 1 heterocycles. The van der Waals surface area contributed by atoms with Crippen LogP contribution in [0.2, 0.25) is 0 Å². The Kier molecular flexibility index (Phi) is 3.63. The normalized spacial score (nSPS) is 11.9. The molecule has 1 aromatic heterocycles. The summed E-state index contributed by atoms with van der Waals surface area (Å²) in [4.78, 5) is 10.4. The Hall–Kier alpha value is -1.01. The molecule has 0 aliphatic carbocycles. The molecule has 0 bridgehead atoms. The number of rotatable bonds is 3. The van der Waals surface area contributed by atoms with Crippen LogP contribution in [0.3, 0.4) is 0 Å². The predicted octanol–water partition coefficient (Wildman–Crippen LogP) is 2.95. The SMILES string of the molecule is O=Cc1ccc(O[p+]2npnpn2)cc1. The Morgan fingerprint density at radius 3 is 2.47 bits per heavy atom. The highest BCUT2D eigenvalue weighted by atomic mass is 31.2. The first-order valence-electron chi connectivity index (χ1n) is 3.93. The molecule has 15 heavy (non-hydrogen) atoms. The van der Waals surface area contributed by atoms with Gasteiger partial charge in [-0.1, -0.05) is 0 Å². The third-order valence-corrected chi connectivity index (χ3v) is 4.39. The summed E-state index contributed by atoms with van der Waals surface area (Å²) in [5, 5.41) is 0. The molecule has 1 aromatic carbocycles. The highest BCUT2D eigenvalue weighted by Crippen LogP contribution is 2.26. The van der Waals surface area contributed by atoms with Gasteiger partial charge in [0, 0.05) is 14.6 Å². The third-order valence-electron chi connectivity index (χ3n) is 1.52. The van der Waals surface area contributed by atoms with Gasteiger partial charge in [-0.05, 0) is 28.8 Å². The van der Waals surface area contributed by atoms with Crippen LogP contribution >= 0.6 is 25.1 Å². The molecular formula is C7H5N3O2P3+. The van der Waals surface area contributed by atoms with E-state index in [1.807, 2.05) is 0 Å². The first-order valence-corrected chi connectivity index (χ1v) is 6.70. The first kappa shape index (κ1) is 10.5. The second kappa shape index (κ2) is 5.18. The van der Waals surface area contributed by atoms with Crippen molar-refractivity contribution in [2.75, 3.05) is 0 Å². The average molecular weight is 256 g/mol. The largest absolute Gasteiger partial charge is 0.414 e. The van der Waals surface area contributed by atoms with Gasteiger partial charge in [0.1, 0.15) is 6.29 Å². The number of carbonyl (C=O) groups is 1. The fraction of sp³-hybridized carbons (Fsp3) is 0. The topological polar surface area (TPSA) is 65.0 Å². The molecule has 0 saturated carbocycles. The van der Waals surface area contributed by atoms with Gasteiger partial charge in [-0.2, -0.15) is 0 Å². The van der Waals surface area contributed by atoms with E-state index in [4.69, 9.17) is 4.52 Å². The zero-order valence-electron chi connectivity index (χ0n) is 7.39. The van der Waals surface area contributed by atoms with Crippen molar-refractivity contribution in [2.45, 2.75) is 0 Å². The summed E-state index contributed by atoms with van der Waals surface area (Å²) in [6.07, 6.45) is 0.792. The fourth-order valence-corrected chi connectivity index (χ4v) is 3.57. The van der Waals surface area contributed by atoms with Gasteiger partial charge in [-0.25, -0.2) is 0 Å². The lowest BCUT2D eigenvalue weighted by atomic mass is 10.2. The van der Waals surface area contributed by atoms with Crippen molar-refractivity contribution in [2.24, 2.45) is 0 Å². The molecule has 2 aromatic rings. The first-order chi connectivity index (χ1) is 7.38. The number of benzene rings is 1. The van der Waals surface area contributed by atoms with Crippen LogP contribution in [0.1, 0.15) is 10.4 Å². The van der Waals surface area contributed by atoms with Gasteiger partial charge in [0.05, 0.1) is 0 Å². The van der Waals surface area contributed by atoms with Crippen LogP contribution in [-0.4, -0.2) is 19.8 Å². The summed E-state index contributed by atoms with van der Waals surface area (Å²) in [6.45, 7) is 0. The molecule has 0 radical (unpaired) electrons. The predicted molar refractivity (Wildman–Crippen MR) is 59.8 cm³/mol. The molecular weight excluding hydrogens is 251 g/mol. The second-order valence-corrected chi connectivity index (χ2v) is 5.67. The molecule has 0 spiro atoms. The Balaban J connectivity index is 2.15. The molecule has 0 amide bonds. The Morgan fingerprint density at radius 2 is 1.87 bits per heavy atom. The number of nitrogens with zero attached hydrogens (tertiary/aromatic N) is 3. The van der Waals surface area contributed by atoms with Gasteiger partial charge in [-0.15, -0.1) is 0 Å². The molecule has 8 heteroatoms. The van der Waals surface area contributed by atoms with Gasteiger partial charge in [0.25, 0.3) is 0 Å². The highest BCUT2D eigenvalue weighted by Gasteiger charge is 2.06. The lowest BCUT2D eigenvalue weighted by Gasteiger charge is -1.96. The van der Waals surface area contributed by atoms with E-state index in [0.717, 1.165) is 6.29 Å². The van der Waals surface area contributed by atoms with E-state index in [0.29, 0.717) is 28.3 Å². The van der Waals surface area contributed by atoms with Gasteiger partial charge >= 0.3 is 25.1 Å². The maximum absolute atomic E-state index is 10.4. The van der Waals surface area contributed by atoms with E-state index in [1.54, 1.807) is 24.3 Å². The number of carbonyl (C=O) groups excluding carboxylic acids is 1. The van der Waals surface area contributed by atoms with Crippen LogP contribution < -0.4 is 4.52 Å². The molecule has 5 nitrogen and oxygen atoms in total. The molecule has 0 saturated heterocycles. The average Bonchev–Trinajstić information content (AvgIpc) is 2.31. The highest BCUT2D eigenvalue weighted by molar-refractivity contribution is 7.50. The maximum Gasteiger partial charge on any atom is 0.414 e. The molecule has 0 unspecified atom stereocenters. The Labute approximate surface area is 90.3 Å². The number of hydrogen-bond acceptors (Lipinski definition) is 5. The van der Waals surface area contributed by atoms with E-state index in [1.165, 1.54) is 0 Å². The third kappa shape index (κ3) is 2.97.